The molecule has 2 aromatic rings. The molecule has 0 saturated heterocycles. The van der Waals surface area contributed by atoms with Gasteiger partial charge in [-0.25, -0.2) is 14.4 Å². The zero-order valence-electron chi connectivity index (χ0n) is 11.8. The molecular formula is C14H16ClN3OS. The minimum Gasteiger partial charge on any atom is -0.479 e. The van der Waals surface area contributed by atoms with E-state index in [0.717, 1.165) is 11.0 Å². The SMILES string of the molecule is COc1nc2ccc(Cl)cc2nc1C=NSC(C)(C)C. The summed E-state index contributed by atoms with van der Waals surface area (Å²) < 4.78 is 9.64. The Balaban J connectivity index is 2.40. The number of halogens is 1. The molecule has 0 fully saturated rings. The molecular weight excluding hydrogens is 294 g/mol. The molecule has 20 heavy (non-hydrogen) atoms. The number of hydrogen-bond acceptors (Lipinski definition) is 5. The summed E-state index contributed by atoms with van der Waals surface area (Å²) in [7, 11) is 1.57. The zero-order valence-corrected chi connectivity index (χ0v) is 13.4. The molecule has 0 atom stereocenters. The summed E-state index contributed by atoms with van der Waals surface area (Å²) in [6.45, 7) is 6.29. The summed E-state index contributed by atoms with van der Waals surface area (Å²) in [5.41, 5.74) is 2.06. The lowest BCUT2D eigenvalue weighted by atomic mass is 10.3. The van der Waals surface area contributed by atoms with Crippen LogP contribution in [0.3, 0.4) is 0 Å². The summed E-state index contributed by atoms with van der Waals surface area (Å²) in [6.07, 6.45) is 1.67. The van der Waals surface area contributed by atoms with Gasteiger partial charge in [-0.05, 0) is 50.9 Å². The first kappa shape index (κ1) is 15.1. The van der Waals surface area contributed by atoms with Crippen molar-refractivity contribution in [3.8, 4) is 5.88 Å². The number of aromatic nitrogens is 2. The Morgan fingerprint density at radius 2 is 2.00 bits per heavy atom. The van der Waals surface area contributed by atoms with Gasteiger partial charge in [0.15, 0.2) is 0 Å². The molecule has 1 aromatic carbocycles. The number of methoxy groups -OCH3 is 1. The third kappa shape index (κ3) is 3.84. The van der Waals surface area contributed by atoms with E-state index in [4.69, 9.17) is 16.3 Å². The van der Waals surface area contributed by atoms with Crippen LogP contribution in [0.4, 0.5) is 0 Å². The van der Waals surface area contributed by atoms with Gasteiger partial charge in [-0.1, -0.05) is 11.6 Å². The highest BCUT2D eigenvalue weighted by molar-refractivity contribution is 7.99. The molecule has 0 amide bonds. The maximum atomic E-state index is 5.97. The van der Waals surface area contributed by atoms with Crippen LogP contribution in [0.1, 0.15) is 26.5 Å². The highest BCUT2D eigenvalue weighted by Gasteiger charge is 2.11. The van der Waals surface area contributed by atoms with Crippen molar-refractivity contribution in [3.63, 3.8) is 0 Å². The standard InChI is InChI=1S/C14H16ClN3OS/c1-14(2,3)20-16-8-12-13(19-4)18-10-6-5-9(15)7-11(10)17-12/h5-8H,1-4H3. The van der Waals surface area contributed by atoms with Crippen LogP contribution < -0.4 is 4.74 Å². The molecule has 6 heteroatoms. The number of ether oxygens (including phenoxy) is 1. The summed E-state index contributed by atoms with van der Waals surface area (Å²) in [5, 5.41) is 0.629. The maximum absolute atomic E-state index is 5.97. The van der Waals surface area contributed by atoms with E-state index < -0.39 is 0 Å². The van der Waals surface area contributed by atoms with E-state index in [9.17, 15) is 0 Å². The highest BCUT2D eigenvalue weighted by Crippen LogP contribution is 2.25. The van der Waals surface area contributed by atoms with Crippen LogP contribution in [0.5, 0.6) is 5.88 Å². The molecule has 0 aliphatic rings. The van der Waals surface area contributed by atoms with E-state index in [2.05, 4.69) is 35.1 Å². The molecule has 2 rings (SSSR count). The summed E-state index contributed by atoms with van der Waals surface area (Å²) in [6, 6.07) is 5.37. The van der Waals surface area contributed by atoms with Crippen LogP contribution in [0.25, 0.3) is 11.0 Å². The number of fused-ring (bicyclic) bond motifs is 1. The van der Waals surface area contributed by atoms with E-state index in [1.807, 2.05) is 6.07 Å². The quantitative estimate of drug-likeness (QED) is 0.631. The Morgan fingerprint density at radius 3 is 2.65 bits per heavy atom. The van der Waals surface area contributed by atoms with Crippen molar-refractivity contribution < 1.29 is 4.74 Å². The lowest BCUT2D eigenvalue weighted by Gasteiger charge is -2.12. The molecule has 0 bridgehead atoms. The van der Waals surface area contributed by atoms with Crippen molar-refractivity contribution in [1.29, 1.82) is 0 Å². The van der Waals surface area contributed by atoms with Crippen molar-refractivity contribution in [2.75, 3.05) is 7.11 Å². The van der Waals surface area contributed by atoms with E-state index in [0.29, 0.717) is 16.6 Å². The van der Waals surface area contributed by atoms with E-state index in [1.54, 1.807) is 25.5 Å². The molecule has 0 saturated carbocycles. The van der Waals surface area contributed by atoms with Crippen LogP contribution in [-0.2, 0) is 0 Å². The zero-order chi connectivity index (χ0) is 14.8. The Morgan fingerprint density at radius 1 is 1.25 bits per heavy atom. The number of nitrogens with zero attached hydrogens (tertiary/aromatic N) is 3. The fourth-order valence-corrected chi connectivity index (χ4v) is 2.13. The van der Waals surface area contributed by atoms with Crippen molar-refractivity contribution in [1.82, 2.24) is 9.97 Å². The lowest BCUT2D eigenvalue weighted by molar-refractivity contribution is 0.397. The Labute approximate surface area is 127 Å². The predicted octanol–water partition coefficient (Wildman–Crippen LogP) is 4.16. The molecule has 0 aliphatic heterocycles. The van der Waals surface area contributed by atoms with E-state index >= 15 is 0 Å². The molecule has 0 aliphatic carbocycles. The van der Waals surface area contributed by atoms with Crippen LogP contribution in [0.2, 0.25) is 5.02 Å². The maximum Gasteiger partial charge on any atom is 0.241 e. The third-order valence-electron chi connectivity index (χ3n) is 2.31. The Kier molecular flexibility index (Phi) is 4.50. The lowest BCUT2D eigenvalue weighted by Crippen LogP contribution is -2.05. The first-order valence-corrected chi connectivity index (χ1v) is 7.27. The number of benzene rings is 1. The number of hydrogen-bond donors (Lipinski definition) is 0. The van der Waals surface area contributed by atoms with Crippen LogP contribution in [0.15, 0.2) is 22.6 Å². The van der Waals surface area contributed by atoms with E-state index in [-0.39, 0.29) is 4.75 Å². The predicted molar refractivity (Wildman–Crippen MR) is 86.0 cm³/mol. The smallest absolute Gasteiger partial charge is 0.241 e. The van der Waals surface area contributed by atoms with Gasteiger partial charge in [-0.3, -0.25) is 0 Å². The minimum absolute atomic E-state index is 0.0529. The third-order valence-corrected chi connectivity index (χ3v) is 3.31. The molecule has 0 unspecified atom stereocenters. The minimum atomic E-state index is 0.0529. The van der Waals surface area contributed by atoms with Gasteiger partial charge in [0.05, 0.1) is 24.4 Å². The van der Waals surface area contributed by atoms with Crippen LogP contribution >= 0.6 is 23.5 Å². The first-order chi connectivity index (χ1) is 9.39. The fraction of sp³-hybridized carbons (Fsp3) is 0.357. The second-order valence-corrected chi connectivity index (χ2v) is 7.24. The molecule has 0 radical (unpaired) electrons. The van der Waals surface area contributed by atoms with Gasteiger partial charge < -0.3 is 4.74 Å². The Hall–Kier alpha value is -1.33. The topological polar surface area (TPSA) is 47.4 Å². The fourth-order valence-electron chi connectivity index (χ4n) is 1.49. The molecule has 4 nitrogen and oxygen atoms in total. The average molecular weight is 310 g/mol. The summed E-state index contributed by atoms with van der Waals surface area (Å²) >= 11 is 7.45. The number of rotatable bonds is 3. The highest BCUT2D eigenvalue weighted by atomic mass is 35.5. The van der Waals surface area contributed by atoms with Crippen molar-refractivity contribution in [2.45, 2.75) is 25.5 Å². The van der Waals surface area contributed by atoms with Gasteiger partial charge in [0, 0.05) is 9.77 Å². The van der Waals surface area contributed by atoms with Crippen LogP contribution in [0, 0.1) is 0 Å². The first-order valence-electron chi connectivity index (χ1n) is 6.12. The molecule has 0 N–H and O–H groups in total. The average Bonchev–Trinajstić information content (AvgIpc) is 2.36. The summed E-state index contributed by atoms with van der Waals surface area (Å²) in [5.74, 6) is 0.457. The van der Waals surface area contributed by atoms with Gasteiger partial charge in [0.1, 0.15) is 5.69 Å². The second-order valence-electron chi connectivity index (χ2n) is 5.19. The second kappa shape index (κ2) is 5.97. The van der Waals surface area contributed by atoms with Gasteiger partial charge in [0.2, 0.25) is 5.88 Å². The van der Waals surface area contributed by atoms with Gasteiger partial charge in [-0.2, -0.15) is 0 Å². The van der Waals surface area contributed by atoms with E-state index in [1.165, 1.54) is 11.9 Å². The van der Waals surface area contributed by atoms with Crippen molar-refractivity contribution in [3.05, 3.63) is 28.9 Å². The molecule has 106 valence electrons. The Bertz CT molecular complexity index is 653. The van der Waals surface area contributed by atoms with Gasteiger partial charge >= 0.3 is 0 Å². The summed E-state index contributed by atoms with van der Waals surface area (Å²) in [4.78, 5) is 8.90. The van der Waals surface area contributed by atoms with Gasteiger partial charge in [-0.15, -0.1) is 0 Å². The largest absolute Gasteiger partial charge is 0.479 e. The van der Waals surface area contributed by atoms with Crippen molar-refractivity contribution in [2.24, 2.45) is 4.40 Å². The molecule has 1 aromatic heterocycles. The normalized spacial score (nSPS) is 12.2. The van der Waals surface area contributed by atoms with Gasteiger partial charge in [0.25, 0.3) is 0 Å². The monoisotopic (exact) mass is 309 g/mol. The molecule has 0 spiro atoms. The molecule has 1 heterocycles. The van der Waals surface area contributed by atoms with Crippen LogP contribution in [-0.4, -0.2) is 28.0 Å². The van der Waals surface area contributed by atoms with Crippen molar-refractivity contribution >= 4 is 40.8 Å².